The van der Waals surface area contributed by atoms with Crippen molar-refractivity contribution in [3.63, 3.8) is 0 Å². The third-order valence-electron chi connectivity index (χ3n) is 8.64. The molecule has 0 saturated heterocycles. The summed E-state index contributed by atoms with van der Waals surface area (Å²) in [5.41, 5.74) is 5.80. The first-order valence-electron chi connectivity index (χ1n) is 12.6. The molecule has 4 bridgehead atoms. The number of aromatic carboxylic acids is 4. The van der Waals surface area contributed by atoms with Crippen molar-refractivity contribution in [2.75, 3.05) is 0 Å². The third kappa shape index (κ3) is 3.13. The van der Waals surface area contributed by atoms with Crippen LogP contribution in [0, 0.1) is 0 Å². The minimum absolute atomic E-state index is 0.0232. The van der Waals surface area contributed by atoms with Gasteiger partial charge in [-0.1, -0.05) is 48.5 Å². The quantitative estimate of drug-likeness (QED) is 0.358. The molecule has 8 heteroatoms. The Morgan fingerprint density at radius 2 is 0.550 bits per heavy atom. The number of hydrogen-bond acceptors (Lipinski definition) is 8. The third-order valence-corrected chi connectivity index (χ3v) is 8.64. The van der Waals surface area contributed by atoms with Crippen LogP contribution in [0.1, 0.15) is 110 Å². The van der Waals surface area contributed by atoms with E-state index in [9.17, 15) is 39.6 Å². The molecule has 0 aliphatic heterocycles. The Morgan fingerprint density at radius 3 is 0.725 bits per heavy atom. The summed E-state index contributed by atoms with van der Waals surface area (Å²) in [5.74, 6) is -7.62. The van der Waals surface area contributed by atoms with E-state index in [0.717, 1.165) is 22.3 Å². The first-order chi connectivity index (χ1) is 19.2. The molecule has 0 radical (unpaired) electrons. The molecular formula is C32H16O8-4. The normalized spacial score (nSPS) is 20.8. The van der Waals surface area contributed by atoms with E-state index >= 15 is 0 Å². The van der Waals surface area contributed by atoms with E-state index in [0.29, 0.717) is 22.3 Å². The maximum atomic E-state index is 11.9. The second-order valence-corrected chi connectivity index (χ2v) is 10.4. The molecule has 6 aliphatic carbocycles. The van der Waals surface area contributed by atoms with Crippen molar-refractivity contribution in [2.45, 2.75) is 23.7 Å². The molecule has 0 spiro atoms. The molecule has 4 aromatic rings. The maximum Gasteiger partial charge on any atom is 0.0715 e. The van der Waals surface area contributed by atoms with Gasteiger partial charge in [0.2, 0.25) is 0 Å². The van der Waals surface area contributed by atoms with Gasteiger partial charge in [-0.2, -0.15) is 0 Å². The molecule has 196 valence electrons. The molecule has 6 aliphatic rings. The fraction of sp³-hybridized carbons (Fsp3) is 0.125. The molecule has 10 rings (SSSR count). The minimum Gasteiger partial charge on any atom is -0.545 e. The zero-order valence-electron chi connectivity index (χ0n) is 20.5. The molecule has 0 amide bonds. The highest BCUT2D eigenvalue weighted by atomic mass is 16.4. The number of hydrogen-bond donors (Lipinski definition) is 0. The van der Waals surface area contributed by atoms with Crippen LogP contribution in [0.2, 0.25) is 0 Å². The summed E-state index contributed by atoms with van der Waals surface area (Å²) < 4.78 is 0. The average Bonchev–Trinajstić information content (AvgIpc) is 2.92. The summed E-state index contributed by atoms with van der Waals surface area (Å²) in [4.78, 5) is 47.5. The average molecular weight is 528 g/mol. The van der Waals surface area contributed by atoms with E-state index in [-0.39, 0.29) is 22.3 Å². The van der Waals surface area contributed by atoms with Crippen LogP contribution < -0.4 is 20.4 Å². The predicted octanol–water partition coefficient (Wildman–Crippen LogP) is 0.00880. The highest BCUT2D eigenvalue weighted by Gasteiger charge is 2.50. The van der Waals surface area contributed by atoms with Crippen LogP contribution in [-0.2, 0) is 0 Å². The van der Waals surface area contributed by atoms with E-state index in [1.54, 1.807) is 48.5 Å². The molecule has 40 heavy (non-hydrogen) atoms. The van der Waals surface area contributed by atoms with Crippen LogP contribution in [0.25, 0.3) is 0 Å². The number of carbonyl (C=O) groups is 4. The Hall–Kier alpha value is -5.24. The van der Waals surface area contributed by atoms with Crippen LogP contribution in [0.15, 0.2) is 72.8 Å². The summed E-state index contributed by atoms with van der Waals surface area (Å²) >= 11 is 0. The van der Waals surface area contributed by atoms with E-state index in [2.05, 4.69) is 0 Å². The van der Waals surface area contributed by atoms with Crippen molar-refractivity contribution in [3.8, 4) is 0 Å². The Kier molecular flexibility index (Phi) is 4.85. The largest absolute Gasteiger partial charge is 0.545 e. The van der Waals surface area contributed by atoms with E-state index in [4.69, 9.17) is 0 Å². The van der Waals surface area contributed by atoms with Crippen molar-refractivity contribution in [1.29, 1.82) is 0 Å². The molecule has 4 atom stereocenters. The van der Waals surface area contributed by atoms with E-state index in [1.165, 1.54) is 24.3 Å². The van der Waals surface area contributed by atoms with Gasteiger partial charge in [-0.25, -0.2) is 0 Å². The predicted molar refractivity (Wildman–Crippen MR) is 130 cm³/mol. The smallest absolute Gasteiger partial charge is 0.0715 e. The first kappa shape index (κ1) is 23.8. The second-order valence-electron chi connectivity index (χ2n) is 10.4. The van der Waals surface area contributed by atoms with Crippen LogP contribution >= 0.6 is 0 Å². The van der Waals surface area contributed by atoms with Crippen molar-refractivity contribution < 1.29 is 39.6 Å². The number of rotatable bonds is 4. The van der Waals surface area contributed by atoms with Gasteiger partial charge in [-0.05, 0) is 91.0 Å². The standard InChI is InChI=1S/C32H20O8/c33-29(34)13-1-5-17-21(9-13)26-18-6-2-14(30(35)36)10-22(18)25(17)27-19-7-3-16(32(39)40)12-24(19)28(26)20-8-4-15(31(37)38)11-23(20)27/h1-12,25-28H,(H,33,34)(H,35,36)(H,37,38)(H,39,40)/p-4/t25-,26-,27-,28-/m1/s1. The lowest BCUT2D eigenvalue weighted by Gasteiger charge is -2.50. The van der Waals surface area contributed by atoms with Crippen LogP contribution in [0.4, 0.5) is 0 Å². The van der Waals surface area contributed by atoms with Gasteiger partial charge in [0.05, 0.1) is 23.9 Å². The summed E-state index contributed by atoms with van der Waals surface area (Å²) in [6, 6.07) is 18.8. The molecule has 8 nitrogen and oxygen atoms in total. The Morgan fingerprint density at radius 1 is 0.350 bits per heavy atom. The van der Waals surface area contributed by atoms with Gasteiger partial charge >= 0.3 is 0 Å². The van der Waals surface area contributed by atoms with Crippen molar-refractivity contribution >= 4 is 23.9 Å². The lowest BCUT2D eigenvalue weighted by molar-refractivity contribution is -0.256. The molecule has 0 fully saturated rings. The van der Waals surface area contributed by atoms with Gasteiger partial charge in [-0.3, -0.25) is 0 Å². The Balaban J connectivity index is 1.63. The highest BCUT2D eigenvalue weighted by molar-refractivity contribution is 5.90. The van der Waals surface area contributed by atoms with Crippen molar-refractivity contribution in [3.05, 3.63) is 140 Å². The topological polar surface area (TPSA) is 161 Å². The minimum atomic E-state index is -1.35. The van der Waals surface area contributed by atoms with Gasteiger partial charge < -0.3 is 39.6 Å². The molecule has 0 N–H and O–H groups in total. The first-order valence-corrected chi connectivity index (χ1v) is 12.6. The molecule has 4 aromatic carbocycles. The number of benzene rings is 4. The van der Waals surface area contributed by atoms with Gasteiger partial charge in [0.1, 0.15) is 0 Å². The summed E-state index contributed by atoms with van der Waals surface area (Å²) in [7, 11) is 0. The number of carbonyl (C=O) groups excluding carboxylic acids is 4. The maximum absolute atomic E-state index is 11.9. The highest BCUT2D eigenvalue weighted by Crippen LogP contribution is 2.64. The van der Waals surface area contributed by atoms with Gasteiger partial charge in [0.15, 0.2) is 0 Å². The fourth-order valence-electron chi connectivity index (χ4n) is 7.12. The summed E-state index contributed by atoms with van der Waals surface area (Å²) in [6.07, 6.45) is 0. The zero-order chi connectivity index (χ0) is 28.0. The van der Waals surface area contributed by atoms with Crippen molar-refractivity contribution in [2.24, 2.45) is 0 Å². The fourth-order valence-corrected chi connectivity index (χ4v) is 7.12. The van der Waals surface area contributed by atoms with E-state index < -0.39 is 47.5 Å². The van der Waals surface area contributed by atoms with Gasteiger partial charge in [0, 0.05) is 23.7 Å². The zero-order valence-corrected chi connectivity index (χ0v) is 20.5. The van der Waals surface area contributed by atoms with E-state index in [1.807, 2.05) is 0 Å². The SMILES string of the molecule is O=C([O-])c1ccc2c(c1)[C@H]1c3ccc(C(=O)[O-])cc3[C@@H]2[C@@H]2c3ccc(C(=O)[O-])cc3[C@H]1c1ccc(C(=O)[O-])cc12. The number of carboxylic acid groups (broad SMARTS) is 4. The van der Waals surface area contributed by atoms with Crippen LogP contribution in [0.5, 0.6) is 0 Å². The molecular weight excluding hydrogens is 512 g/mol. The van der Waals surface area contributed by atoms with Gasteiger partial charge in [-0.15, -0.1) is 0 Å². The van der Waals surface area contributed by atoms with Crippen LogP contribution in [0.3, 0.4) is 0 Å². The lowest BCUT2D eigenvalue weighted by Crippen LogP contribution is -2.37. The molecule has 0 saturated carbocycles. The Labute approximate surface area is 226 Å². The second kappa shape index (κ2) is 8.13. The van der Waals surface area contributed by atoms with Crippen LogP contribution in [-0.4, -0.2) is 23.9 Å². The molecule has 0 heterocycles. The molecule has 0 unspecified atom stereocenters. The van der Waals surface area contributed by atoms with Crippen molar-refractivity contribution in [1.82, 2.24) is 0 Å². The lowest BCUT2D eigenvalue weighted by atomic mass is 9.52. The number of carboxylic acids is 4. The summed E-state index contributed by atoms with van der Waals surface area (Å²) in [5, 5.41) is 47.5. The Bertz CT molecular complexity index is 1580. The summed E-state index contributed by atoms with van der Waals surface area (Å²) in [6.45, 7) is 0. The van der Waals surface area contributed by atoms with Gasteiger partial charge in [0.25, 0.3) is 0 Å². The molecule has 0 aromatic heterocycles. The monoisotopic (exact) mass is 528 g/mol.